The van der Waals surface area contributed by atoms with E-state index in [-0.39, 0.29) is 13.0 Å². The Hall–Kier alpha value is -1.63. The van der Waals surface area contributed by atoms with Gasteiger partial charge in [0.15, 0.2) is 0 Å². The molecule has 0 saturated carbocycles. The van der Waals surface area contributed by atoms with Gasteiger partial charge in [-0.2, -0.15) is 0 Å². The number of aliphatic hydroxyl groups excluding tert-OH is 3. The van der Waals surface area contributed by atoms with E-state index < -0.39 is 30.9 Å². The zero-order valence-electron chi connectivity index (χ0n) is 11.4. The van der Waals surface area contributed by atoms with Crippen LogP contribution in [0.15, 0.2) is 30.3 Å². The Balaban J connectivity index is 2.39. The quantitative estimate of drug-likeness (QED) is 0.581. The molecule has 0 aromatic heterocycles. The summed E-state index contributed by atoms with van der Waals surface area (Å²) in [6, 6.07) is 8.29. The largest absolute Gasteiger partial charge is 0.445 e. The van der Waals surface area contributed by atoms with E-state index >= 15 is 0 Å². The molecule has 0 saturated heterocycles. The van der Waals surface area contributed by atoms with Crippen molar-refractivity contribution in [1.82, 2.24) is 5.32 Å². The lowest BCUT2D eigenvalue weighted by molar-refractivity contribution is 0.0410. The van der Waals surface area contributed by atoms with Gasteiger partial charge in [0, 0.05) is 6.42 Å². The molecule has 0 unspecified atom stereocenters. The van der Waals surface area contributed by atoms with Crippen molar-refractivity contribution in [3.8, 4) is 0 Å². The second kappa shape index (κ2) is 8.52. The molecule has 0 aliphatic rings. The Morgan fingerprint density at radius 3 is 2.50 bits per heavy atom. The minimum absolute atomic E-state index is 0.0597. The summed E-state index contributed by atoms with van der Waals surface area (Å²) in [7, 11) is 0. The molecule has 0 radical (unpaired) electrons. The minimum atomic E-state index is -1.04. The third-order valence-electron chi connectivity index (χ3n) is 2.76. The molecule has 1 aromatic carbocycles. The van der Waals surface area contributed by atoms with E-state index in [0.29, 0.717) is 0 Å². The topological polar surface area (TPSA) is 99.0 Å². The molecule has 0 fully saturated rings. The Bertz CT molecular complexity index is 396. The molecule has 1 rings (SSSR count). The van der Waals surface area contributed by atoms with Gasteiger partial charge in [0.05, 0.1) is 24.9 Å². The summed E-state index contributed by atoms with van der Waals surface area (Å²) in [6.45, 7) is 1.19. The molecule has 1 amide bonds. The molecule has 4 N–H and O–H groups in total. The van der Waals surface area contributed by atoms with Crippen LogP contribution in [0.25, 0.3) is 0 Å². The zero-order valence-corrected chi connectivity index (χ0v) is 11.4. The predicted molar refractivity (Wildman–Crippen MR) is 72.9 cm³/mol. The highest BCUT2D eigenvalue weighted by molar-refractivity contribution is 5.67. The molecule has 0 aliphatic carbocycles. The lowest BCUT2D eigenvalue weighted by Crippen LogP contribution is -2.46. The summed E-state index contributed by atoms with van der Waals surface area (Å²) in [5, 5.41) is 30.4. The van der Waals surface area contributed by atoms with E-state index in [1.807, 2.05) is 30.3 Å². The van der Waals surface area contributed by atoms with Gasteiger partial charge in [0.25, 0.3) is 0 Å². The molecule has 0 spiro atoms. The lowest BCUT2D eigenvalue weighted by Gasteiger charge is -2.22. The van der Waals surface area contributed by atoms with Crippen LogP contribution in [-0.4, -0.2) is 46.3 Å². The summed E-state index contributed by atoms with van der Waals surface area (Å²) in [5.74, 6) is 0. The van der Waals surface area contributed by atoms with Gasteiger partial charge in [-0.3, -0.25) is 0 Å². The number of aliphatic hydroxyl groups is 3. The lowest BCUT2D eigenvalue weighted by atomic mass is 10.1. The first-order chi connectivity index (χ1) is 9.52. The molecule has 112 valence electrons. The molecule has 6 nitrogen and oxygen atoms in total. The van der Waals surface area contributed by atoms with Crippen LogP contribution in [0, 0.1) is 0 Å². The maximum atomic E-state index is 11.6. The van der Waals surface area contributed by atoms with Crippen LogP contribution in [0.2, 0.25) is 0 Å². The number of carbonyl (C=O) groups excluding carboxylic acids is 1. The number of rotatable bonds is 7. The molecule has 6 heteroatoms. The highest BCUT2D eigenvalue weighted by Gasteiger charge is 2.22. The Morgan fingerprint density at radius 2 is 1.95 bits per heavy atom. The first-order valence-electron chi connectivity index (χ1n) is 6.47. The van der Waals surface area contributed by atoms with Crippen molar-refractivity contribution in [3.63, 3.8) is 0 Å². The summed E-state index contributed by atoms with van der Waals surface area (Å²) >= 11 is 0. The van der Waals surface area contributed by atoms with Gasteiger partial charge in [0.2, 0.25) is 0 Å². The zero-order chi connectivity index (χ0) is 15.0. The van der Waals surface area contributed by atoms with Gasteiger partial charge >= 0.3 is 6.09 Å². The van der Waals surface area contributed by atoms with Gasteiger partial charge in [0.1, 0.15) is 6.61 Å². The van der Waals surface area contributed by atoms with E-state index in [1.165, 1.54) is 6.92 Å². The molecule has 0 heterocycles. The van der Waals surface area contributed by atoms with E-state index in [0.717, 1.165) is 5.56 Å². The Kier molecular flexibility index (Phi) is 7.00. The first-order valence-corrected chi connectivity index (χ1v) is 6.47. The molecule has 0 bridgehead atoms. The van der Waals surface area contributed by atoms with Gasteiger partial charge in [-0.1, -0.05) is 30.3 Å². The van der Waals surface area contributed by atoms with Crippen molar-refractivity contribution >= 4 is 6.09 Å². The maximum Gasteiger partial charge on any atom is 0.407 e. The van der Waals surface area contributed by atoms with Crippen molar-refractivity contribution in [2.24, 2.45) is 0 Å². The predicted octanol–water partition coefficient (Wildman–Crippen LogP) is 0.405. The normalized spacial score (nSPS) is 15.2. The fraction of sp³-hybridized carbons (Fsp3) is 0.500. The standard InChI is InChI=1S/C14H21NO5/c1-10(17)7-13(18)12(8-16)15-14(19)20-9-11-5-3-2-4-6-11/h2-6,10,12-13,16-18H,7-9H2,1H3,(H,15,19)/t10-,12+,13-/m1/s1. The maximum absolute atomic E-state index is 11.6. The SMILES string of the molecule is C[C@@H](O)C[C@@H](O)[C@H](CO)NC(=O)OCc1ccccc1. The summed E-state index contributed by atoms with van der Waals surface area (Å²) < 4.78 is 4.98. The van der Waals surface area contributed by atoms with Crippen molar-refractivity contribution in [2.75, 3.05) is 6.61 Å². The fourth-order valence-electron chi connectivity index (χ4n) is 1.69. The van der Waals surface area contributed by atoms with E-state index in [1.54, 1.807) is 0 Å². The minimum Gasteiger partial charge on any atom is -0.445 e. The van der Waals surface area contributed by atoms with Crippen LogP contribution >= 0.6 is 0 Å². The van der Waals surface area contributed by atoms with Crippen molar-refractivity contribution < 1.29 is 24.9 Å². The van der Waals surface area contributed by atoms with Gasteiger partial charge in [-0.25, -0.2) is 4.79 Å². The highest BCUT2D eigenvalue weighted by atomic mass is 16.5. The molecular formula is C14H21NO5. The second-order valence-corrected chi connectivity index (χ2v) is 4.65. The van der Waals surface area contributed by atoms with Gasteiger partial charge in [-0.15, -0.1) is 0 Å². The van der Waals surface area contributed by atoms with Crippen LogP contribution in [0.4, 0.5) is 4.79 Å². The average molecular weight is 283 g/mol. The molecule has 3 atom stereocenters. The van der Waals surface area contributed by atoms with E-state index in [2.05, 4.69) is 5.32 Å². The van der Waals surface area contributed by atoms with Crippen molar-refractivity contribution in [2.45, 2.75) is 38.2 Å². The van der Waals surface area contributed by atoms with E-state index in [4.69, 9.17) is 14.9 Å². The number of benzene rings is 1. The van der Waals surface area contributed by atoms with Crippen LogP contribution in [0.3, 0.4) is 0 Å². The van der Waals surface area contributed by atoms with Crippen LogP contribution in [-0.2, 0) is 11.3 Å². The third kappa shape index (κ3) is 6.01. The highest BCUT2D eigenvalue weighted by Crippen LogP contribution is 2.04. The number of ether oxygens (including phenoxy) is 1. The molecule has 20 heavy (non-hydrogen) atoms. The summed E-state index contributed by atoms with van der Waals surface area (Å²) in [4.78, 5) is 11.6. The van der Waals surface area contributed by atoms with Gasteiger partial charge < -0.3 is 25.4 Å². The van der Waals surface area contributed by atoms with Crippen LogP contribution in [0.5, 0.6) is 0 Å². The number of amides is 1. The number of hydrogen-bond acceptors (Lipinski definition) is 5. The number of alkyl carbamates (subject to hydrolysis) is 1. The van der Waals surface area contributed by atoms with E-state index in [9.17, 15) is 9.90 Å². The number of nitrogens with one attached hydrogen (secondary N) is 1. The molecule has 1 aromatic rings. The van der Waals surface area contributed by atoms with Gasteiger partial charge in [-0.05, 0) is 12.5 Å². The summed E-state index contributed by atoms with van der Waals surface area (Å²) in [5.41, 5.74) is 0.840. The smallest absolute Gasteiger partial charge is 0.407 e. The van der Waals surface area contributed by atoms with Crippen LogP contribution in [0.1, 0.15) is 18.9 Å². The number of hydrogen-bond donors (Lipinski definition) is 4. The van der Waals surface area contributed by atoms with Crippen LogP contribution < -0.4 is 5.32 Å². The number of carbonyl (C=O) groups is 1. The Morgan fingerprint density at radius 1 is 1.30 bits per heavy atom. The third-order valence-corrected chi connectivity index (χ3v) is 2.76. The van der Waals surface area contributed by atoms with Crippen molar-refractivity contribution in [1.29, 1.82) is 0 Å². The second-order valence-electron chi connectivity index (χ2n) is 4.65. The van der Waals surface area contributed by atoms with Crippen molar-refractivity contribution in [3.05, 3.63) is 35.9 Å². The summed E-state index contributed by atoms with van der Waals surface area (Å²) in [6.07, 6.45) is -2.42. The first kappa shape index (κ1) is 16.4. The molecule has 0 aliphatic heterocycles. The molecular weight excluding hydrogens is 262 g/mol. The average Bonchev–Trinajstić information content (AvgIpc) is 2.42. The Labute approximate surface area is 118 Å². The fourth-order valence-corrected chi connectivity index (χ4v) is 1.69. The monoisotopic (exact) mass is 283 g/mol.